The first kappa shape index (κ1) is 31.9. The second-order valence-corrected chi connectivity index (χ2v) is 9.89. The summed E-state index contributed by atoms with van der Waals surface area (Å²) in [5.74, 6) is -4.30. The number of amides is 2. The number of nitrogens with one attached hydrogen (secondary N) is 3. The molecular formula is C27H31F5N4O5. The molecular weight excluding hydrogens is 555 g/mol. The third-order valence-electron chi connectivity index (χ3n) is 7.01. The van der Waals surface area contributed by atoms with Gasteiger partial charge < -0.3 is 20.6 Å². The molecule has 2 atom stereocenters. The standard InChI is InChI=1S/C25H30F2N4O3.C2HF3O2/c26-21-6-5-19(13-22(21)27)20-14-23(20)29-15-16-7-10-31(11-8-16)12-9-28-24(32)17-1-3-18(4-2-17)25(33)30-34;3-2(4,5)1(6)7/h1-6,13,16,20,23,29,34H,7-12,14-15H2,(H,28,32)(H,30,33);(H,6,7). The minimum Gasteiger partial charge on any atom is -0.475 e. The lowest BCUT2D eigenvalue weighted by molar-refractivity contribution is -0.192. The number of carboxylic acids is 1. The maximum atomic E-state index is 13.4. The van der Waals surface area contributed by atoms with Crippen molar-refractivity contribution in [2.75, 3.05) is 32.7 Å². The fourth-order valence-corrected chi connectivity index (χ4v) is 4.53. The van der Waals surface area contributed by atoms with Crippen molar-refractivity contribution in [3.63, 3.8) is 0 Å². The summed E-state index contributed by atoms with van der Waals surface area (Å²) in [6.45, 7) is 4.20. The van der Waals surface area contributed by atoms with Crippen LogP contribution < -0.4 is 16.1 Å². The highest BCUT2D eigenvalue weighted by molar-refractivity contribution is 5.97. The van der Waals surface area contributed by atoms with Crippen LogP contribution in [0.3, 0.4) is 0 Å². The lowest BCUT2D eigenvalue weighted by Gasteiger charge is -2.32. The van der Waals surface area contributed by atoms with Crippen LogP contribution in [0.4, 0.5) is 22.0 Å². The Morgan fingerprint density at radius 3 is 2.05 bits per heavy atom. The van der Waals surface area contributed by atoms with Gasteiger partial charge in [-0.1, -0.05) is 6.07 Å². The molecule has 2 aromatic carbocycles. The molecule has 224 valence electrons. The molecule has 5 N–H and O–H groups in total. The summed E-state index contributed by atoms with van der Waals surface area (Å²) in [7, 11) is 0. The highest BCUT2D eigenvalue weighted by atomic mass is 19.4. The lowest BCUT2D eigenvalue weighted by Crippen LogP contribution is -2.41. The van der Waals surface area contributed by atoms with Gasteiger partial charge in [-0.3, -0.25) is 14.8 Å². The molecule has 0 radical (unpaired) electrons. The molecule has 0 bridgehead atoms. The van der Waals surface area contributed by atoms with E-state index in [2.05, 4.69) is 15.5 Å². The van der Waals surface area contributed by atoms with Crippen LogP contribution in [0.15, 0.2) is 42.5 Å². The summed E-state index contributed by atoms with van der Waals surface area (Å²) in [5.41, 5.74) is 3.16. The number of rotatable bonds is 9. The molecule has 1 aliphatic heterocycles. The van der Waals surface area contributed by atoms with Gasteiger partial charge in [-0.25, -0.2) is 19.1 Å². The van der Waals surface area contributed by atoms with E-state index in [4.69, 9.17) is 15.1 Å². The largest absolute Gasteiger partial charge is 0.490 e. The van der Waals surface area contributed by atoms with Gasteiger partial charge in [-0.15, -0.1) is 0 Å². The highest BCUT2D eigenvalue weighted by Crippen LogP contribution is 2.41. The van der Waals surface area contributed by atoms with Gasteiger partial charge in [0.1, 0.15) is 0 Å². The Balaban J connectivity index is 0.000000587. The Morgan fingerprint density at radius 2 is 1.51 bits per heavy atom. The molecule has 2 unspecified atom stereocenters. The maximum Gasteiger partial charge on any atom is 0.490 e. The number of likely N-dealkylation sites (tertiary alicyclic amines) is 1. The Morgan fingerprint density at radius 1 is 0.927 bits per heavy atom. The molecule has 2 amide bonds. The zero-order chi connectivity index (χ0) is 30.2. The van der Waals surface area contributed by atoms with Crippen LogP contribution >= 0.6 is 0 Å². The summed E-state index contributed by atoms with van der Waals surface area (Å²) in [6, 6.07) is 10.6. The van der Waals surface area contributed by atoms with Crippen LogP contribution in [0.2, 0.25) is 0 Å². The second kappa shape index (κ2) is 14.3. The molecule has 2 aliphatic rings. The number of nitrogens with zero attached hydrogens (tertiary/aromatic N) is 1. The molecule has 4 rings (SSSR count). The summed E-state index contributed by atoms with van der Waals surface area (Å²) in [6.07, 6.45) is -1.96. The van der Waals surface area contributed by atoms with E-state index in [-0.39, 0.29) is 17.4 Å². The van der Waals surface area contributed by atoms with Crippen molar-refractivity contribution in [1.82, 2.24) is 21.0 Å². The van der Waals surface area contributed by atoms with Crippen LogP contribution in [0, 0.1) is 17.6 Å². The van der Waals surface area contributed by atoms with Gasteiger partial charge in [-0.2, -0.15) is 13.2 Å². The second-order valence-electron chi connectivity index (χ2n) is 9.89. The van der Waals surface area contributed by atoms with E-state index in [1.807, 2.05) is 0 Å². The SMILES string of the molecule is O=C(NO)c1ccc(C(=O)NCCN2CCC(CNC3CC3c3ccc(F)c(F)c3)CC2)cc1.O=C(O)C(F)(F)F. The highest BCUT2D eigenvalue weighted by Gasteiger charge is 2.39. The Bertz CT molecular complexity index is 1200. The van der Waals surface area contributed by atoms with Gasteiger partial charge in [0.25, 0.3) is 11.8 Å². The number of halogens is 5. The van der Waals surface area contributed by atoms with Gasteiger partial charge in [-0.05, 0) is 86.8 Å². The van der Waals surface area contributed by atoms with E-state index in [9.17, 15) is 31.5 Å². The number of piperidine rings is 1. The third kappa shape index (κ3) is 9.76. The summed E-state index contributed by atoms with van der Waals surface area (Å²) >= 11 is 0. The van der Waals surface area contributed by atoms with E-state index < -0.39 is 29.7 Å². The number of alkyl halides is 3. The molecule has 0 spiro atoms. The molecule has 41 heavy (non-hydrogen) atoms. The fraction of sp³-hybridized carbons (Fsp3) is 0.444. The minimum atomic E-state index is -5.08. The zero-order valence-electron chi connectivity index (χ0n) is 21.9. The Labute approximate surface area is 232 Å². The molecule has 9 nitrogen and oxygen atoms in total. The normalized spacial score (nSPS) is 19.1. The third-order valence-corrected chi connectivity index (χ3v) is 7.01. The average molecular weight is 587 g/mol. The van der Waals surface area contributed by atoms with Crippen LogP contribution in [0.25, 0.3) is 0 Å². The smallest absolute Gasteiger partial charge is 0.475 e. The van der Waals surface area contributed by atoms with Crippen LogP contribution in [0.1, 0.15) is 51.5 Å². The lowest BCUT2D eigenvalue weighted by atomic mass is 9.96. The predicted octanol–water partition coefficient (Wildman–Crippen LogP) is 3.30. The van der Waals surface area contributed by atoms with E-state index in [1.54, 1.807) is 23.7 Å². The molecule has 0 aromatic heterocycles. The Hall–Kier alpha value is -3.62. The maximum absolute atomic E-state index is 13.4. The number of hydrogen-bond acceptors (Lipinski definition) is 6. The van der Waals surface area contributed by atoms with E-state index in [0.29, 0.717) is 24.1 Å². The van der Waals surface area contributed by atoms with Gasteiger partial charge in [0, 0.05) is 36.2 Å². The van der Waals surface area contributed by atoms with Crippen molar-refractivity contribution in [2.24, 2.45) is 5.92 Å². The van der Waals surface area contributed by atoms with Crippen LogP contribution in [-0.4, -0.2) is 77.9 Å². The number of benzene rings is 2. The first-order valence-electron chi connectivity index (χ1n) is 12.9. The number of carboxylic acid groups (broad SMARTS) is 1. The quantitative estimate of drug-likeness (QED) is 0.173. The van der Waals surface area contributed by atoms with E-state index in [1.165, 1.54) is 24.3 Å². The van der Waals surface area contributed by atoms with E-state index >= 15 is 0 Å². The average Bonchev–Trinajstić information content (AvgIpc) is 3.73. The molecule has 2 fully saturated rings. The van der Waals surface area contributed by atoms with Crippen molar-refractivity contribution < 1.29 is 46.6 Å². The number of aliphatic carboxylic acids is 1. The predicted molar refractivity (Wildman–Crippen MR) is 136 cm³/mol. The van der Waals surface area contributed by atoms with Gasteiger partial charge in [0.2, 0.25) is 0 Å². The van der Waals surface area contributed by atoms with Crippen molar-refractivity contribution in [3.05, 3.63) is 70.8 Å². The van der Waals surface area contributed by atoms with Gasteiger partial charge in [0.05, 0.1) is 0 Å². The molecule has 1 aliphatic carbocycles. The number of carbonyl (C=O) groups excluding carboxylic acids is 2. The molecule has 1 heterocycles. The molecule has 1 saturated carbocycles. The molecule has 1 saturated heterocycles. The number of carbonyl (C=O) groups is 3. The van der Waals surface area contributed by atoms with Gasteiger partial charge >= 0.3 is 12.1 Å². The van der Waals surface area contributed by atoms with Crippen molar-refractivity contribution in [3.8, 4) is 0 Å². The monoisotopic (exact) mass is 586 g/mol. The first-order chi connectivity index (χ1) is 19.4. The molecule has 14 heteroatoms. The van der Waals surface area contributed by atoms with E-state index in [0.717, 1.165) is 51.0 Å². The van der Waals surface area contributed by atoms with Crippen molar-refractivity contribution >= 4 is 17.8 Å². The minimum absolute atomic E-state index is 0.199. The number of hydrogen-bond donors (Lipinski definition) is 5. The summed E-state index contributed by atoms with van der Waals surface area (Å²) < 4.78 is 58.3. The number of hydroxylamine groups is 1. The van der Waals surface area contributed by atoms with Crippen LogP contribution in [-0.2, 0) is 4.79 Å². The van der Waals surface area contributed by atoms with Gasteiger partial charge in [0.15, 0.2) is 11.6 Å². The van der Waals surface area contributed by atoms with Crippen molar-refractivity contribution in [2.45, 2.75) is 37.4 Å². The summed E-state index contributed by atoms with van der Waals surface area (Å²) in [5, 5.41) is 22.3. The Kier molecular flexibility index (Phi) is 11.1. The van der Waals surface area contributed by atoms with Crippen LogP contribution in [0.5, 0.6) is 0 Å². The first-order valence-corrected chi connectivity index (χ1v) is 12.9. The van der Waals surface area contributed by atoms with Crippen molar-refractivity contribution in [1.29, 1.82) is 0 Å². The fourth-order valence-electron chi connectivity index (χ4n) is 4.53. The zero-order valence-corrected chi connectivity index (χ0v) is 21.9. The molecule has 2 aromatic rings. The topological polar surface area (TPSA) is 131 Å². The summed E-state index contributed by atoms with van der Waals surface area (Å²) in [4.78, 5) is 34.9.